The van der Waals surface area contributed by atoms with Crippen LogP contribution in [0.15, 0.2) is 71.2 Å². The van der Waals surface area contributed by atoms with Crippen LogP contribution in [-0.2, 0) is 4.79 Å². The zero-order valence-electron chi connectivity index (χ0n) is 16.4. The van der Waals surface area contributed by atoms with Gasteiger partial charge in [-0.25, -0.2) is 0 Å². The molecule has 0 fully saturated rings. The predicted octanol–water partition coefficient (Wildman–Crippen LogP) is 4.21. The average Bonchev–Trinajstić information content (AvgIpc) is 2.78. The summed E-state index contributed by atoms with van der Waals surface area (Å²) in [5.74, 6) is -1.17. The van der Waals surface area contributed by atoms with Gasteiger partial charge in [-0.1, -0.05) is 12.1 Å². The summed E-state index contributed by atoms with van der Waals surface area (Å²) in [5.41, 5.74) is 1.82. The van der Waals surface area contributed by atoms with Crippen molar-refractivity contribution in [2.45, 2.75) is 0 Å². The molecule has 0 atom stereocenters. The molecule has 9 nitrogen and oxygen atoms in total. The van der Waals surface area contributed by atoms with Crippen molar-refractivity contribution in [3.05, 3.63) is 92.4 Å². The minimum absolute atomic E-state index is 0.101. The van der Waals surface area contributed by atoms with Crippen molar-refractivity contribution in [1.82, 2.24) is 0 Å². The molecule has 10 heteroatoms. The molecule has 0 saturated heterocycles. The number of hydrogen-bond acceptors (Lipinski definition) is 5. The molecule has 1 aliphatic heterocycles. The van der Waals surface area contributed by atoms with Gasteiger partial charge in [0.05, 0.1) is 20.8 Å². The molecular weight excluding hydrogens is 480 g/mol. The number of carbonyl (C=O) groups is 3. The lowest BCUT2D eigenvalue weighted by Gasteiger charge is -2.29. The van der Waals surface area contributed by atoms with Crippen molar-refractivity contribution in [2.75, 3.05) is 22.1 Å². The molecule has 160 valence electrons. The van der Waals surface area contributed by atoms with E-state index in [9.17, 15) is 24.5 Å². The van der Waals surface area contributed by atoms with Crippen LogP contribution in [0.1, 0.15) is 20.7 Å². The first-order chi connectivity index (χ1) is 15.3. The Balaban J connectivity index is 1.51. The number of para-hydroxylation sites is 2. The predicted molar refractivity (Wildman–Crippen MR) is 122 cm³/mol. The molecule has 0 spiro atoms. The number of amides is 3. The smallest absolute Gasteiger partial charge is 0.284 e. The van der Waals surface area contributed by atoms with Crippen molar-refractivity contribution in [1.29, 1.82) is 0 Å². The highest BCUT2D eigenvalue weighted by Gasteiger charge is 2.27. The summed E-state index contributed by atoms with van der Waals surface area (Å²) in [6.07, 6.45) is 0. The number of benzene rings is 3. The Morgan fingerprint density at radius 2 is 1.72 bits per heavy atom. The molecular formula is C22H15BrN4O5. The fourth-order valence-electron chi connectivity index (χ4n) is 3.26. The normalized spacial score (nSPS) is 12.5. The van der Waals surface area contributed by atoms with Crippen LogP contribution in [0.5, 0.6) is 0 Å². The van der Waals surface area contributed by atoms with E-state index in [1.807, 2.05) is 0 Å². The van der Waals surface area contributed by atoms with Crippen LogP contribution in [0.2, 0.25) is 0 Å². The number of carbonyl (C=O) groups excluding carboxylic acids is 3. The Labute approximate surface area is 190 Å². The zero-order valence-corrected chi connectivity index (χ0v) is 18.0. The molecule has 32 heavy (non-hydrogen) atoms. The van der Waals surface area contributed by atoms with Crippen LogP contribution < -0.4 is 15.5 Å². The number of halogens is 1. The van der Waals surface area contributed by atoms with Crippen molar-refractivity contribution >= 4 is 56.4 Å². The maximum Gasteiger partial charge on any atom is 0.284 e. The second-order valence-corrected chi connectivity index (χ2v) is 7.77. The van der Waals surface area contributed by atoms with Crippen molar-refractivity contribution in [3.63, 3.8) is 0 Å². The van der Waals surface area contributed by atoms with Gasteiger partial charge in [0.2, 0.25) is 5.91 Å². The zero-order chi connectivity index (χ0) is 22.8. The summed E-state index contributed by atoms with van der Waals surface area (Å²) in [6, 6.07) is 17.3. The Morgan fingerprint density at radius 1 is 1.03 bits per heavy atom. The third-order valence-corrected chi connectivity index (χ3v) is 5.48. The van der Waals surface area contributed by atoms with E-state index in [2.05, 4.69) is 26.6 Å². The van der Waals surface area contributed by atoms with E-state index in [-0.39, 0.29) is 34.1 Å². The summed E-state index contributed by atoms with van der Waals surface area (Å²) >= 11 is 3.08. The molecule has 2 N–H and O–H groups in total. The molecule has 1 aliphatic rings. The molecule has 1 heterocycles. The Kier molecular flexibility index (Phi) is 5.69. The number of hydrogen-bond donors (Lipinski definition) is 2. The summed E-state index contributed by atoms with van der Waals surface area (Å²) in [5, 5.41) is 16.4. The van der Waals surface area contributed by atoms with Crippen molar-refractivity contribution in [2.24, 2.45) is 0 Å². The molecule has 0 unspecified atom stereocenters. The SMILES string of the molecule is O=C1CN(C(=O)c2ccc(NC(=O)c3ccc(Br)c([N+](=O)[O-])c3)cc2)c2ccccc2N1. The minimum Gasteiger partial charge on any atom is -0.323 e. The number of rotatable bonds is 4. The van der Waals surface area contributed by atoms with E-state index in [1.54, 1.807) is 36.4 Å². The molecule has 3 aromatic rings. The minimum atomic E-state index is -0.583. The fraction of sp³-hybridized carbons (Fsp3) is 0.0455. The first-order valence-corrected chi connectivity index (χ1v) is 10.2. The monoisotopic (exact) mass is 494 g/mol. The van der Waals surface area contributed by atoms with Crippen LogP contribution in [0.3, 0.4) is 0 Å². The van der Waals surface area contributed by atoms with Crippen LogP contribution in [0, 0.1) is 10.1 Å². The topological polar surface area (TPSA) is 122 Å². The largest absolute Gasteiger partial charge is 0.323 e. The number of fused-ring (bicyclic) bond motifs is 1. The summed E-state index contributed by atoms with van der Waals surface area (Å²) in [4.78, 5) is 49.3. The van der Waals surface area contributed by atoms with E-state index in [1.165, 1.54) is 35.2 Å². The van der Waals surface area contributed by atoms with Crippen LogP contribution in [0.25, 0.3) is 0 Å². The van der Waals surface area contributed by atoms with Crippen molar-refractivity contribution < 1.29 is 19.3 Å². The van der Waals surface area contributed by atoms with Gasteiger partial charge in [0.1, 0.15) is 6.54 Å². The fourth-order valence-corrected chi connectivity index (χ4v) is 3.65. The third kappa shape index (κ3) is 4.21. The number of nitrogens with zero attached hydrogens (tertiary/aromatic N) is 2. The van der Waals surface area contributed by atoms with Crippen LogP contribution >= 0.6 is 15.9 Å². The lowest BCUT2D eigenvalue weighted by molar-refractivity contribution is -0.385. The first-order valence-electron chi connectivity index (χ1n) is 9.39. The van der Waals surface area contributed by atoms with Gasteiger partial charge in [0, 0.05) is 22.9 Å². The molecule has 0 aromatic heterocycles. The van der Waals surface area contributed by atoms with E-state index >= 15 is 0 Å². The Bertz CT molecular complexity index is 1260. The van der Waals surface area contributed by atoms with Gasteiger partial charge in [0.15, 0.2) is 0 Å². The quantitative estimate of drug-likeness (QED) is 0.415. The van der Waals surface area contributed by atoms with E-state index in [4.69, 9.17) is 0 Å². The maximum absolute atomic E-state index is 13.0. The second-order valence-electron chi connectivity index (χ2n) is 6.91. The lowest BCUT2D eigenvalue weighted by Crippen LogP contribution is -2.42. The Hall–Kier alpha value is -4.05. The summed E-state index contributed by atoms with van der Waals surface area (Å²) in [6.45, 7) is -0.101. The third-order valence-electron chi connectivity index (χ3n) is 4.81. The summed E-state index contributed by atoms with van der Waals surface area (Å²) in [7, 11) is 0. The van der Waals surface area contributed by atoms with Crippen LogP contribution in [-0.4, -0.2) is 29.2 Å². The molecule has 0 saturated carbocycles. The molecule has 0 aliphatic carbocycles. The van der Waals surface area contributed by atoms with E-state index < -0.39 is 10.8 Å². The maximum atomic E-state index is 13.0. The van der Waals surface area contributed by atoms with E-state index in [0.29, 0.717) is 22.6 Å². The summed E-state index contributed by atoms with van der Waals surface area (Å²) < 4.78 is 0.273. The highest BCUT2D eigenvalue weighted by Crippen LogP contribution is 2.30. The van der Waals surface area contributed by atoms with Gasteiger partial charge in [-0.3, -0.25) is 29.4 Å². The number of anilines is 3. The van der Waals surface area contributed by atoms with E-state index in [0.717, 1.165) is 0 Å². The number of nitro benzene ring substituents is 1. The van der Waals surface area contributed by atoms with Gasteiger partial charge < -0.3 is 10.6 Å². The van der Waals surface area contributed by atoms with Gasteiger partial charge in [-0.15, -0.1) is 0 Å². The molecule has 3 aromatic carbocycles. The van der Waals surface area contributed by atoms with Gasteiger partial charge in [0.25, 0.3) is 17.5 Å². The first kappa shape index (κ1) is 21.2. The highest BCUT2D eigenvalue weighted by atomic mass is 79.9. The van der Waals surface area contributed by atoms with Gasteiger partial charge in [-0.2, -0.15) is 0 Å². The van der Waals surface area contributed by atoms with Gasteiger partial charge in [-0.05, 0) is 64.5 Å². The Morgan fingerprint density at radius 3 is 2.44 bits per heavy atom. The standard InChI is InChI=1S/C22H15BrN4O5/c23-16-10-7-14(11-19(16)27(31)32)21(29)24-15-8-5-13(6-9-15)22(30)26-12-20(28)25-17-3-1-2-4-18(17)26/h1-11H,12H2,(H,24,29)(H,25,28). The van der Waals surface area contributed by atoms with Gasteiger partial charge >= 0.3 is 0 Å². The average molecular weight is 495 g/mol. The molecule has 0 bridgehead atoms. The van der Waals surface area contributed by atoms with Crippen LogP contribution in [0.4, 0.5) is 22.7 Å². The molecule has 3 amide bonds. The highest BCUT2D eigenvalue weighted by molar-refractivity contribution is 9.10. The number of nitrogens with one attached hydrogen (secondary N) is 2. The van der Waals surface area contributed by atoms with Crippen molar-refractivity contribution in [3.8, 4) is 0 Å². The molecule has 4 rings (SSSR count). The molecule has 0 radical (unpaired) electrons. The lowest BCUT2D eigenvalue weighted by atomic mass is 10.1. The number of nitro groups is 1. The second kappa shape index (κ2) is 8.60.